The molecule has 9 nitrogen and oxygen atoms in total. The summed E-state index contributed by atoms with van der Waals surface area (Å²) in [7, 11) is 0. The molecular weight excluding hydrogens is 526 g/mol. The van der Waals surface area contributed by atoms with Gasteiger partial charge in [0.05, 0.1) is 25.4 Å². The summed E-state index contributed by atoms with van der Waals surface area (Å²) in [5.41, 5.74) is 0. The largest absolute Gasteiger partial charge is 0.394 e. The van der Waals surface area contributed by atoms with E-state index in [1.807, 2.05) is 6.08 Å². The number of aliphatic hydroxyl groups excluding tert-OH is 5. The average molecular weight is 586 g/mol. The molecule has 0 aromatic carbocycles. The molecule has 1 amide bonds. The summed E-state index contributed by atoms with van der Waals surface area (Å²) >= 11 is 0. The van der Waals surface area contributed by atoms with Crippen molar-refractivity contribution < 1.29 is 39.8 Å². The van der Waals surface area contributed by atoms with Gasteiger partial charge in [-0.05, 0) is 32.1 Å². The summed E-state index contributed by atoms with van der Waals surface area (Å²) in [5.74, 6) is -0.199. The van der Waals surface area contributed by atoms with Gasteiger partial charge in [-0.3, -0.25) is 4.79 Å². The minimum atomic E-state index is -1.56. The molecule has 7 unspecified atom stereocenters. The van der Waals surface area contributed by atoms with E-state index in [4.69, 9.17) is 9.47 Å². The topological polar surface area (TPSA) is 149 Å². The number of allylic oxidation sites excluding steroid dienone is 3. The van der Waals surface area contributed by atoms with Crippen LogP contribution in [0.1, 0.15) is 117 Å². The van der Waals surface area contributed by atoms with Gasteiger partial charge in [-0.15, -0.1) is 0 Å². The maximum absolute atomic E-state index is 12.7. The van der Waals surface area contributed by atoms with Crippen molar-refractivity contribution in [1.29, 1.82) is 0 Å². The number of rotatable bonds is 24. The van der Waals surface area contributed by atoms with Gasteiger partial charge in [0.1, 0.15) is 24.4 Å². The molecule has 6 N–H and O–H groups in total. The van der Waals surface area contributed by atoms with E-state index in [9.17, 15) is 30.3 Å². The minimum absolute atomic E-state index is 0.199. The average Bonchev–Trinajstić information content (AvgIpc) is 2.97. The Morgan fingerprint density at radius 1 is 0.805 bits per heavy atom. The number of amides is 1. The third-order valence-corrected chi connectivity index (χ3v) is 7.53. The number of unbranched alkanes of at least 4 members (excludes halogenated alkanes) is 12. The first-order valence-corrected chi connectivity index (χ1v) is 16.1. The number of hydrogen-bond donors (Lipinski definition) is 6. The zero-order valence-electron chi connectivity index (χ0n) is 25.5. The van der Waals surface area contributed by atoms with E-state index in [0.29, 0.717) is 6.42 Å². The van der Waals surface area contributed by atoms with Gasteiger partial charge in [0.15, 0.2) is 6.29 Å². The summed E-state index contributed by atoms with van der Waals surface area (Å²) in [6, 6.07) is -0.811. The van der Waals surface area contributed by atoms with Gasteiger partial charge in [0.25, 0.3) is 0 Å². The molecule has 0 aliphatic carbocycles. The number of carbonyl (C=O) groups is 1. The number of hydrogen-bond acceptors (Lipinski definition) is 8. The molecule has 0 aromatic heterocycles. The summed E-state index contributed by atoms with van der Waals surface area (Å²) in [6.45, 7) is 3.63. The van der Waals surface area contributed by atoms with Crippen molar-refractivity contribution in [3.8, 4) is 0 Å². The van der Waals surface area contributed by atoms with E-state index in [1.165, 1.54) is 57.8 Å². The number of aliphatic hydroxyl groups is 5. The molecule has 1 saturated heterocycles. The van der Waals surface area contributed by atoms with Crippen molar-refractivity contribution in [3.05, 3.63) is 24.3 Å². The first-order valence-electron chi connectivity index (χ1n) is 16.1. The highest BCUT2D eigenvalue weighted by molar-refractivity contribution is 5.76. The molecule has 9 heteroatoms. The van der Waals surface area contributed by atoms with Crippen LogP contribution in [0, 0.1) is 0 Å². The highest BCUT2D eigenvalue weighted by atomic mass is 16.7. The molecule has 0 radical (unpaired) electrons. The van der Waals surface area contributed by atoms with Crippen molar-refractivity contribution >= 4 is 5.91 Å². The quantitative estimate of drug-likeness (QED) is 0.0734. The maximum atomic E-state index is 12.7. The van der Waals surface area contributed by atoms with Gasteiger partial charge >= 0.3 is 0 Å². The Hall–Kier alpha value is -1.33. The summed E-state index contributed by atoms with van der Waals surface area (Å²) in [6.07, 6.45) is 16.8. The minimum Gasteiger partial charge on any atom is -0.394 e. The Bertz CT molecular complexity index is 701. The Labute approximate surface area is 248 Å². The maximum Gasteiger partial charge on any atom is 0.220 e. The normalized spacial score (nSPS) is 24.7. The number of carbonyl (C=O) groups excluding carboxylic acids is 1. The van der Waals surface area contributed by atoms with Crippen molar-refractivity contribution in [2.24, 2.45) is 0 Å². The van der Waals surface area contributed by atoms with E-state index >= 15 is 0 Å². The van der Waals surface area contributed by atoms with Crippen molar-refractivity contribution in [2.75, 3.05) is 13.2 Å². The molecule has 1 aliphatic heterocycles. The summed E-state index contributed by atoms with van der Waals surface area (Å²) in [5, 5.41) is 53.4. The zero-order valence-corrected chi connectivity index (χ0v) is 25.5. The fourth-order valence-electron chi connectivity index (χ4n) is 4.81. The second kappa shape index (κ2) is 24.1. The standard InChI is InChI=1S/C32H59NO8/c1-3-5-7-9-11-12-13-14-16-17-19-21-26(35)25(33-28(36)22-20-18-15-10-8-6-4-2)24-40-32-31(39)30(38)29(37)27(23-34)41-32/h13-14,19,21,25-27,29-32,34-35,37-39H,3-12,15-18,20,22-24H2,1-2H3,(H,33,36)/b14-13+,21-19+. The molecule has 1 aliphatic rings. The van der Waals surface area contributed by atoms with E-state index < -0.39 is 49.5 Å². The Balaban J connectivity index is 2.60. The fraction of sp³-hybridized carbons (Fsp3) is 0.844. The van der Waals surface area contributed by atoms with Crippen LogP contribution < -0.4 is 5.32 Å². The molecule has 1 rings (SSSR count). The highest BCUT2D eigenvalue weighted by Gasteiger charge is 2.44. The fourth-order valence-corrected chi connectivity index (χ4v) is 4.81. The zero-order chi connectivity index (χ0) is 30.3. The number of nitrogens with one attached hydrogen (secondary N) is 1. The molecule has 0 spiro atoms. The lowest BCUT2D eigenvalue weighted by molar-refractivity contribution is -0.302. The van der Waals surface area contributed by atoms with Crippen LogP contribution in [0.4, 0.5) is 0 Å². The van der Waals surface area contributed by atoms with Crippen LogP contribution in [0.5, 0.6) is 0 Å². The van der Waals surface area contributed by atoms with Gasteiger partial charge in [-0.2, -0.15) is 0 Å². The predicted octanol–water partition coefficient (Wildman–Crippen LogP) is 4.04. The van der Waals surface area contributed by atoms with Gasteiger partial charge in [0.2, 0.25) is 5.91 Å². The predicted molar refractivity (Wildman–Crippen MR) is 161 cm³/mol. The number of ether oxygens (including phenoxy) is 2. The Morgan fingerprint density at radius 2 is 1.39 bits per heavy atom. The van der Waals surface area contributed by atoms with Crippen LogP contribution in [0.2, 0.25) is 0 Å². The van der Waals surface area contributed by atoms with Gasteiger partial charge < -0.3 is 40.3 Å². The van der Waals surface area contributed by atoms with Crippen LogP contribution in [0.15, 0.2) is 24.3 Å². The van der Waals surface area contributed by atoms with E-state index in [0.717, 1.165) is 38.5 Å². The molecule has 41 heavy (non-hydrogen) atoms. The van der Waals surface area contributed by atoms with Crippen molar-refractivity contribution in [3.63, 3.8) is 0 Å². The molecular formula is C32H59NO8. The van der Waals surface area contributed by atoms with Crippen LogP contribution in [-0.2, 0) is 14.3 Å². The molecule has 1 fully saturated rings. The van der Waals surface area contributed by atoms with Crippen LogP contribution in [-0.4, -0.2) is 87.5 Å². The van der Waals surface area contributed by atoms with Crippen LogP contribution >= 0.6 is 0 Å². The lowest BCUT2D eigenvalue weighted by Crippen LogP contribution is -2.60. The van der Waals surface area contributed by atoms with Crippen LogP contribution in [0.3, 0.4) is 0 Å². The van der Waals surface area contributed by atoms with Gasteiger partial charge in [-0.1, -0.05) is 102 Å². The molecule has 0 bridgehead atoms. The van der Waals surface area contributed by atoms with Crippen LogP contribution in [0.25, 0.3) is 0 Å². The van der Waals surface area contributed by atoms with Crippen molar-refractivity contribution in [2.45, 2.75) is 159 Å². The van der Waals surface area contributed by atoms with Crippen molar-refractivity contribution in [1.82, 2.24) is 5.32 Å². The van der Waals surface area contributed by atoms with Gasteiger partial charge in [0, 0.05) is 6.42 Å². The second-order valence-electron chi connectivity index (χ2n) is 11.2. The van der Waals surface area contributed by atoms with E-state index in [2.05, 4.69) is 31.3 Å². The summed E-state index contributed by atoms with van der Waals surface area (Å²) < 4.78 is 11.0. The lowest BCUT2D eigenvalue weighted by atomic mass is 9.99. The second-order valence-corrected chi connectivity index (χ2v) is 11.2. The third-order valence-electron chi connectivity index (χ3n) is 7.53. The first-order chi connectivity index (χ1) is 19.8. The van der Waals surface area contributed by atoms with Gasteiger partial charge in [-0.25, -0.2) is 0 Å². The molecule has 0 aromatic rings. The molecule has 7 atom stereocenters. The monoisotopic (exact) mass is 585 g/mol. The van der Waals surface area contributed by atoms with E-state index in [1.54, 1.807) is 6.08 Å². The molecule has 1 heterocycles. The summed E-state index contributed by atoms with van der Waals surface area (Å²) in [4.78, 5) is 12.7. The molecule has 240 valence electrons. The smallest absolute Gasteiger partial charge is 0.220 e. The van der Waals surface area contributed by atoms with E-state index in [-0.39, 0.29) is 12.5 Å². The lowest BCUT2D eigenvalue weighted by Gasteiger charge is -2.40. The SMILES string of the molecule is CCCCCCC/C=C/CC/C=C/C(O)C(COC1OC(CO)C(O)C(O)C1O)NC(=O)CCCCCCCCC. The first kappa shape index (κ1) is 37.7. The third kappa shape index (κ3) is 16.8. The highest BCUT2D eigenvalue weighted by Crippen LogP contribution is 2.22. The molecule has 0 saturated carbocycles. The Morgan fingerprint density at radius 3 is 2.05 bits per heavy atom. The Kier molecular flexibility index (Phi) is 22.2.